The maximum absolute atomic E-state index is 10.5. The predicted octanol–water partition coefficient (Wildman–Crippen LogP) is 4.95. The molecule has 36 heavy (non-hydrogen) atoms. The van der Waals surface area contributed by atoms with Gasteiger partial charge in [-0.3, -0.25) is 9.98 Å². The predicted molar refractivity (Wildman–Crippen MR) is 135 cm³/mol. The molecule has 0 saturated carbocycles. The van der Waals surface area contributed by atoms with E-state index in [0.717, 1.165) is 33.4 Å². The van der Waals surface area contributed by atoms with Crippen molar-refractivity contribution in [3.8, 4) is 34.5 Å². The van der Waals surface area contributed by atoms with Gasteiger partial charge >= 0.3 is 0 Å². The van der Waals surface area contributed by atoms with E-state index < -0.39 is 0 Å². The average Bonchev–Trinajstić information content (AvgIpc) is 3.55. The second-order valence-electron chi connectivity index (χ2n) is 8.41. The van der Waals surface area contributed by atoms with Crippen LogP contribution in [-0.2, 0) is 13.1 Å². The molecule has 2 N–H and O–H groups in total. The van der Waals surface area contributed by atoms with Crippen molar-refractivity contribution in [2.75, 3.05) is 13.6 Å². The molecule has 0 saturated heterocycles. The first-order valence-corrected chi connectivity index (χ1v) is 11.4. The lowest BCUT2D eigenvalue weighted by Crippen LogP contribution is -1.93. The lowest BCUT2D eigenvalue weighted by Gasteiger charge is -2.09. The molecule has 8 heteroatoms. The molecule has 6 rings (SSSR count). The third-order valence-electron chi connectivity index (χ3n) is 6.10. The molecule has 0 fully saturated rings. The first kappa shape index (κ1) is 21.8. The van der Waals surface area contributed by atoms with E-state index in [0.29, 0.717) is 35.7 Å². The molecule has 0 radical (unpaired) electrons. The average molecular weight is 482 g/mol. The maximum atomic E-state index is 10.5. The number of aliphatic imine (C=N–C) groups is 2. The minimum Gasteiger partial charge on any atom is -0.507 e. The molecule has 0 bridgehead atoms. The van der Waals surface area contributed by atoms with Crippen LogP contribution in [0.5, 0.6) is 34.5 Å². The summed E-state index contributed by atoms with van der Waals surface area (Å²) >= 11 is 0. The first-order valence-electron chi connectivity index (χ1n) is 11.4. The van der Waals surface area contributed by atoms with Crippen LogP contribution in [0.4, 0.5) is 0 Å². The summed E-state index contributed by atoms with van der Waals surface area (Å²) in [7, 11) is 0. The van der Waals surface area contributed by atoms with Gasteiger partial charge in [-0.25, -0.2) is 0 Å². The molecule has 2 heterocycles. The van der Waals surface area contributed by atoms with Gasteiger partial charge in [-0.05, 0) is 70.4 Å². The topological polar surface area (TPSA) is 102 Å². The Hall–Kier alpha value is -4.72. The molecular formula is C28H22N2O6. The van der Waals surface area contributed by atoms with Crippen molar-refractivity contribution in [3.63, 3.8) is 0 Å². The SMILES string of the molecule is Oc1ccc2c(C=NCc3ccc4c(c3)OCO4)c(O)ccc2c1C=NCc1ccc2c(c1)OCO2. The number of fused-ring (bicyclic) bond motifs is 3. The fraction of sp³-hybridized carbons (Fsp3) is 0.143. The number of hydrogen-bond acceptors (Lipinski definition) is 8. The van der Waals surface area contributed by atoms with E-state index in [-0.39, 0.29) is 25.1 Å². The van der Waals surface area contributed by atoms with Crippen LogP contribution in [0.25, 0.3) is 10.8 Å². The number of aromatic hydroxyl groups is 2. The van der Waals surface area contributed by atoms with Crippen molar-refractivity contribution >= 4 is 23.2 Å². The molecule has 2 aliphatic rings. The molecular weight excluding hydrogens is 460 g/mol. The standard InChI is InChI=1S/C28H22N2O6/c31-23-5-4-20-19(21(23)13-29-11-17-1-7-25-27(9-17)35-15-33-25)3-6-24(32)22(20)14-30-12-18-2-8-26-28(10-18)36-16-34-26/h1-10,13-14,31-32H,11-12,15-16H2. The van der Waals surface area contributed by atoms with Crippen LogP contribution in [0.15, 0.2) is 70.6 Å². The highest BCUT2D eigenvalue weighted by Gasteiger charge is 2.15. The van der Waals surface area contributed by atoms with Crippen molar-refractivity contribution in [1.82, 2.24) is 0 Å². The molecule has 4 aromatic rings. The van der Waals surface area contributed by atoms with E-state index in [4.69, 9.17) is 18.9 Å². The van der Waals surface area contributed by atoms with Gasteiger partial charge < -0.3 is 29.2 Å². The van der Waals surface area contributed by atoms with Crippen LogP contribution < -0.4 is 18.9 Å². The van der Waals surface area contributed by atoms with Crippen LogP contribution in [0.1, 0.15) is 22.3 Å². The van der Waals surface area contributed by atoms with Crippen LogP contribution >= 0.6 is 0 Å². The van der Waals surface area contributed by atoms with Crippen LogP contribution in [0, 0.1) is 0 Å². The highest BCUT2D eigenvalue weighted by Crippen LogP contribution is 2.35. The molecule has 8 nitrogen and oxygen atoms in total. The quantitative estimate of drug-likeness (QED) is 0.377. The molecule has 180 valence electrons. The van der Waals surface area contributed by atoms with E-state index in [9.17, 15) is 10.2 Å². The van der Waals surface area contributed by atoms with Gasteiger partial charge in [0, 0.05) is 23.6 Å². The number of phenolic OH excluding ortho intramolecular Hbond substituents is 2. The monoisotopic (exact) mass is 482 g/mol. The Balaban J connectivity index is 1.25. The lowest BCUT2D eigenvalue weighted by atomic mass is 9.99. The van der Waals surface area contributed by atoms with Crippen molar-refractivity contribution in [1.29, 1.82) is 0 Å². The summed E-state index contributed by atoms with van der Waals surface area (Å²) in [5.74, 6) is 3.06. The van der Waals surface area contributed by atoms with E-state index in [1.807, 2.05) is 36.4 Å². The summed E-state index contributed by atoms with van der Waals surface area (Å²) in [6.45, 7) is 1.27. The minimum atomic E-state index is 0.103. The van der Waals surface area contributed by atoms with Gasteiger partial charge in [0.15, 0.2) is 23.0 Å². The van der Waals surface area contributed by atoms with Gasteiger partial charge in [-0.1, -0.05) is 12.1 Å². The third-order valence-corrected chi connectivity index (χ3v) is 6.10. The largest absolute Gasteiger partial charge is 0.507 e. The summed E-state index contributed by atoms with van der Waals surface area (Å²) in [4.78, 5) is 9.06. The van der Waals surface area contributed by atoms with E-state index in [2.05, 4.69) is 9.98 Å². The summed E-state index contributed by atoms with van der Waals surface area (Å²) < 4.78 is 21.5. The molecule has 0 unspecified atom stereocenters. The van der Waals surface area contributed by atoms with Gasteiger partial charge in [0.05, 0.1) is 13.1 Å². The Morgan fingerprint density at radius 2 is 1.03 bits per heavy atom. The van der Waals surface area contributed by atoms with Crippen molar-refractivity contribution in [2.45, 2.75) is 13.1 Å². The Labute approximate surface area is 206 Å². The molecule has 0 spiro atoms. The fourth-order valence-corrected chi connectivity index (χ4v) is 4.26. The van der Waals surface area contributed by atoms with Gasteiger partial charge in [0.2, 0.25) is 13.6 Å². The Morgan fingerprint density at radius 1 is 0.583 bits per heavy atom. The van der Waals surface area contributed by atoms with E-state index >= 15 is 0 Å². The van der Waals surface area contributed by atoms with E-state index in [1.54, 1.807) is 36.7 Å². The Morgan fingerprint density at radius 3 is 1.50 bits per heavy atom. The highest BCUT2D eigenvalue weighted by atomic mass is 16.7. The molecule has 2 aliphatic heterocycles. The zero-order valence-corrected chi connectivity index (χ0v) is 19.2. The van der Waals surface area contributed by atoms with Crippen molar-refractivity contribution in [3.05, 3.63) is 82.9 Å². The second-order valence-corrected chi connectivity index (χ2v) is 8.41. The maximum Gasteiger partial charge on any atom is 0.231 e. The van der Waals surface area contributed by atoms with Gasteiger partial charge in [0.1, 0.15) is 11.5 Å². The number of hydrogen-bond donors (Lipinski definition) is 2. The van der Waals surface area contributed by atoms with Crippen LogP contribution in [0.3, 0.4) is 0 Å². The second kappa shape index (κ2) is 9.14. The highest BCUT2D eigenvalue weighted by molar-refractivity contribution is 6.09. The number of ether oxygens (including phenoxy) is 4. The summed E-state index contributed by atoms with van der Waals surface area (Å²) in [6, 6.07) is 18.1. The summed E-state index contributed by atoms with van der Waals surface area (Å²) in [5.41, 5.74) is 3.06. The number of rotatable bonds is 6. The molecule has 0 atom stereocenters. The third kappa shape index (κ3) is 4.13. The van der Waals surface area contributed by atoms with Gasteiger partial charge in [-0.15, -0.1) is 0 Å². The molecule has 0 aromatic heterocycles. The molecule has 0 amide bonds. The summed E-state index contributed by atoms with van der Waals surface area (Å²) in [5, 5.41) is 22.6. The minimum absolute atomic E-state index is 0.103. The molecule has 0 aliphatic carbocycles. The summed E-state index contributed by atoms with van der Waals surface area (Å²) in [6.07, 6.45) is 3.29. The molecule has 4 aromatic carbocycles. The Kier molecular flexibility index (Phi) is 5.53. The van der Waals surface area contributed by atoms with Crippen LogP contribution in [-0.4, -0.2) is 36.2 Å². The van der Waals surface area contributed by atoms with Crippen molar-refractivity contribution in [2.24, 2.45) is 9.98 Å². The van der Waals surface area contributed by atoms with Crippen molar-refractivity contribution < 1.29 is 29.2 Å². The van der Waals surface area contributed by atoms with E-state index in [1.165, 1.54) is 0 Å². The first-order chi connectivity index (χ1) is 17.7. The van der Waals surface area contributed by atoms with Gasteiger partial charge in [0.25, 0.3) is 0 Å². The fourth-order valence-electron chi connectivity index (χ4n) is 4.26. The normalized spacial score (nSPS) is 13.9. The Bertz CT molecular complexity index is 1410. The zero-order chi connectivity index (χ0) is 24.5. The lowest BCUT2D eigenvalue weighted by molar-refractivity contribution is 0.173. The number of benzene rings is 4. The smallest absolute Gasteiger partial charge is 0.231 e. The van der Waals surface area contributed by atoms with Crippen LogP contribution in [0.2, 0.25) is 0 Å². The number of nitrogens with zero attached hydrogens (tertiary/aromatic N) is 2. The number of phenols is 2. The zero-order valence-electron chi connectivity index (χ0n) is 19.2. The van der Waals surface area contributed by atoms with Gasteiger partial charge in [-0.2, -0.15) is 0 Å².